The van der Waals surface area contributed by atoms with Crippen LogP contribution in [0.4, 0.5) is 5.69 Å². The maximum absolute atomic E-state index is 12.8. The summed E-state index contributed by atoms with van der Waals surface area (Å²) in [7, 11) is 0. The smallest absolute Gasteiger partial charge is 0.259 e. The molecule has 26 heavy (non-hydrogen) atoms. The Morgan fingerprint density at radius 3 is 3.08 bits per heavy atom. The Morgan fingerprint density at radius 1 is 1.38 bits per heavy atom. The lowest BCUT2D eigenvalue weighted by molar-refractivity contribution is 0.0943. The van der Waals surface area contributed by atoms with E-state index in [0.29, 0.717) is 35.1 Å². The van der Waals surface area contributed by atoms with E-state index in [4.69, 9.17) is 16.0 Å². The first kappa shape index (κ1) is 16.3. The molecule has 0 saturated heterocycles. The van der Waals surface area contributed by atoms with E-state index in [1.165, 1.54) is 23.6 Å². The van der Waals surface area contributed by atoms with Gasteiger partial charge in [-0.05, 0) is 18.6 Å². The van der Waals surface area contributed by atoms with Crippen molar-refractivity contribution in [2.75, 3.05) is 11.9 Å². The van der Waals surface area contributed by atoms with E-state index in [1.807, 2.05) is 0 Å². The largest absolute Gasteiger partial charge is 0.468 e. The third-order valence-corrected chi connectivity index (χ3v) is 4.39. The molecular weight excluding hydrogens is 358 g/mol. The molecule has 4 rings (SSSR count). The lowest BCUT2D eigenvalue weighted by Gasteiger charge is -2.12. The molecule has 8 nitrogen and oxygen atoms in total. The van der Waals surface area contributed by atoms with Gasteiger partial charge in [0.25, 0.3) is 11.8 Å². The van der Waals surface area contributed by atoms with Crippen LogP contribution >= 0.6 is 11.6 Å². The van der Waals surface area contributed by atoms with Crippen molar-refractivity contribution in [1.29, 1.82) is 0 Å². The molecule has 0 radical (unpaired) electrons. The van der Waals surface area contributed by atoms with Gasteiger partial charge in [-0.1, -0.05) is 17.7 Å². The number of nitrogens with zero attached hydrogens (tertiary/aromatic N) is 3. The number of hydrogen-bond donors (Lipinski definition) is 2. The van der Waals surface area contributed by atoms with Crippen molar-refractivity contribution in [1.82, 2.24) is 20.1 Å². The quantitative estimate of drug-likeness (QED) is 0.736. The molecule has 3 aromatic rings. The van der Waals surface area contributed by atoms with E-state index >= 15 is 0 Å². The Hall–Kier alpha value is -3.13. The lowest BCUT2D eigenvalue weighted by Crippen LogP contribution is -2.25. The molecule has 2 amide bonds. The van der Waals surface area contributed by atoms with E-state index < -0.39 is 5.91 Å². The molecule has 3 heterocycles. The summed E-state index contributed by atoms with van der Waals surface area (Å²) in [5.74, 6) is -0.248. The van der Waals surface area contributed by atoms with Gasteiger partial charge in [-0.2, -0.15) is 5.10 Å². The van der Waals surface area contributed by atoms with Gasteiger partial charge in [-0.3, -0.25) is 9.59 Å². The summed E-state index contributed by atoms with van der Waals surface area (Å²) < 4.78 is 6.91. The number of halogens is 1. The Kier molecular flexibility index (Phi) is 4.18. The summed E-state index contributed by atoms with van der Waals surface area (Å²) in [5, 5.41) is 10.0. The highest BCUT2D eigenvalue weighted by Gasteiger charge is 2.27. The number of aryl methyl sites for hydroxylation is 1. The molecule has 0 spiro atoms. The molecular formula is C17H14ClN5O3. The van der Waals surface area contributed by atoms with Crippen LogP contribution in [0.2, 0.25) is 5.02 Å². The van der Waals surface area contributed by atoms with Gasteiger partial charge in [0.1, 0.15) is 30.4 Å². The maximum Gasteiger partial charge on any atom is 0.259 e. The van der Waals surface area contributed by atoms with Crippen molar-refractivity contribution in [3.8, 4) is 5.69 Å². The number of fused-ring (bicyclic) bond motifs is 1. The molecule has 0 saturated carbocycles. The van der Waals surface area contributed by atoms with E-state index in [9.17, 15) is 9.59 Å². The number of rotatable bonds is 3. The van der Waals surface area contributed by atoms with Gasteiger partial charge >= 0.3 is 0 Å². The molecule has 0 bridgehead atoms. The zero-order chi connectivity index (χ0) is 18.1. The number of benzene rings is 1. The molecule has 0 unspecified atom stereocenters. The Bertz CT molecular complexity index is 980. The highest BCUT2D eigenvalue weighted by molar-refractivity contribution is 6.33. The number of carbonyl (C=O) groups is 2. The first-order chi connectivity index (χ1) is 12.6. The average Bonchev–Trinajstić information content (AvgIpc) is 3.25. The minimum Gasteiger partial charge on any atom is -0.468 e. The number of carbonyl (C=O) groups excluding carboxylic acids is 2. The summed E-state index contributed by atoms with van der Waals surface area (Å²) in [6.45, 7) is 0.550. The number of anilines is 1. The van der Waals surface area contributed by atoms with Crippen molar-refractivity contribution in [3.63, 3.8) is 0 Å². The topological polar surface area (TPSA) is 102 Å². The second-order valence-corrected chi connectivity index (χ2v) is 6.14. The fourth-order valence-electron chi connectivity index (χ4n) is 2.90. The van der Waals surface area contributed by atoms with Crippen LogP contribution in [0.3, 0.4) is 0 Å². The Labute approximate surface area is 153 Å². The second-order valence-electron chi connectivity index (χ2n) is 5.74. The number of amides is 2. The van der Waals surface area contributed by atoms with Gasteiger partial charge < -0.3 is 15.1 Å². The summed E-state index contributed by atoms with van der Waals surface area (Å²) in [6, 6.07) is 5.09. The fourth-order valence-corrected chi connectivity index (χ4v) is 3.16. The first-order valence-electron chi connectivity index (χ1n) is 7.98. The number of para-hydroxylation sites is 1. The molecule has 2 N–H and O–H groups in total. The Morgan fingerprint density at radius 2 is 2.27 bits per heavy atom. The number of aromatic nitrogens is 3. The molecule has 0 atom stereocenters. The number of nitrogens with one attached hydrogen (secondary N) is 2. The Balaban J connectivity index is 1.70. The summed E-state index contributed by atoms with van der Waals surface area (Å²) in [4.78, 5) is 29.0. The van der Waals surface area contributed by atoms with Gasteiger partial charge in [0.2, 0.25) is 0 Å². The van der Waals surface area contributed by atoms with Crippen LogP contribution in [0.1, 0.15) is 32.9 Å². The van der Waals surface area contributed by atoms with Crippen molar-refractivity contribution >= 4 is 29.1 Å². The third-order valence-electron chi connectivity index (χ3n) is 4.09. The van der Waals surface area contributed by atoms with Crippen molar-refractivity contribution in [2.45, 2.75) is 12.8 Å². The van der Waals surface area contributed by atoms with Crippen LogP contribution in [0.25, 0.3) is 5.69 Å². The minimum atomic E-state index is -0.462. The SMILES string of the molecule is O=C(Nc1cccc(Cl)c1-n1cncn1)c1coc2c1C(=O)NCCC2. The van der Waals surface area contributed by atoms with Crippen LogP contribution in [-0.2, 0) is 6.42 Å². The third kappa shape index (κ3) is 2.84. The van der Waals surface area contributed by atoms with Crippen LogP contribution in [0, 0.1) is 0 Å². The average molecular weight is 372 g/mol. The first-order valence-corrected chi connectivity index (χ1v) is 8.36. The van der Waals surface area contributed by atoms with E-state index in [0.717, 1.165) is 6.42 Å². The molecule has 1 aliphatic rings. The minimum absolute atomic E-state index is 0.184. The van der Waals surface area contributed by atoms with Crippen LogP contribution in [0.15, 0.2) is 41.5 Å². The van der Waals surface area contributed by atoms with Gasteiger partial charge in [0.05, 0.1) is 21.8 Å². The summed E-state index contributed by atoms with van der Waals surface area (Å²) >= 11 is 6.27. The monoisotopic (exact) mass is 371 g/mol. The zero-order valence-corrected chi connectivity index (χ0v) is 14.3. The number of furan rings is 1. The highest BCUT2D eigenvalue weighted by Crippen LogP contribution is 2.29. The van der Waals surface area contributed by atoms with Gasteiger partial charge in [-0.25, -0.2) is 9.67 Å². The molecule has 132 valence electrons. The summed E-state index contributed by atoms with van der Waals surface area (Å²) in [5.41, 5.74) is 1.39. The maximum atomic E-state index is 12.8. The molecule has 0 aliphatic carbocycles. The van der Waals surface area contributed by atoms with Gasteiger partial charge in [0.15, 0.2) is 0 Å². The molecule has 9 heteroatoms. The van der Waals surface area contributed by atoms with E-state index in [-0.39, 0.29) is 17.0 Å². The predicted molar refractivity (Wildman–Crippen MR) is 93.7 cm³/mol. The van der Waals surface area contributed by atoms with Crippen molar-refractivity contribution in [2.24, 2.45) is 0 Å². The zero-order valence-electron chi connectivity index (χ0n) is 13.5. The normalized spacial score (nSPS) is 13.7. The predicted octanol–water partition coefficient (Wildman–Crippen LogP) is 2.44. The molecule has 2 aromatic heterocycles. The number of hydrogen-bond acceptors (Lipinski definition) is 5. The molecule has 1 aromatic carbocycles. The fraction of sp³-hybridized carbons (Fsp3) is 0.176. The van der Waals surface area contributed by atoms with Crippen LogP contribution < -0.4 is 10.6 Å². The molecule has 0 fully saturated rings. The molecule has 1 aliphatic heterocycles. The van der Waals surface area contributed by atoms with E-state index in [2.05, 4.69) is 20.7 Å². The lowest BCUT2D eigenvalue weighted by atomic mass is 10.1. The van der Waals surface area contributed by atoms with Crippen LogP contribution in [-0.4, -0.2) is 33.1 Å². The second kappa shape index (κ2) is 6.64. The van der Waals surface area contributed by atoms with Crippen molar-refractivity contribution in [3.05, 3.63) is 59.0 Å². The summed E-state index contributed by atoms with van der Waals surface area (Å²) in [6.07, 6.45) is 5.52. The van der Waals surface area contributed by atoms with Gasteiger partial charge in [0, 0.05) is 13.0 Å². The highest BCUT2D eigenvalue weighted by atomic mass is 35.5. The van der Waals surface area contributed by atoms with E-state index in [1.54, 1.807) is 18.2 Å². The standard InChI is InChI=1S/C17H14ClN5O3/c18-11-3-1-4-12(15(11)23-9-19-8-21-23)22-16(24)10-7-26-13-5-2-6-20-17(25)14(10)13/h1,3-4,7-9H,2,5-6H2,(H,20,25)(H,22,24). The van der Waals surface area contributed by atoms with Gasteiger partial charge in [-0.15, -0.1) is 0 Å². The van der Waals surface area contributed by atoms with Crippen LogP contribution in [0.5, 0.6) is 0 Å². The van der Waals surface area contributed by atoms with Crippen molar-refractivity contribution < 1.29 is 14.0 Å².